The van der Waals surface area contributed by atoms with Gasteiger partial charge in [-0.1, -0.05) is 213 Å². The molecule has 1 aliphatic heterocycles. The van der Waals surface area contributed by atoms with Crippen molar-refractivity contribution in [2.75, 3.05) is 4.90 Å². The summed E-state index contributed by atoms with van der Waals surface area (Å²) in [7, 11) is 0. The average Bonchev–Trinajstić information content (AvgIpc) is 3.98. The Morgan fingerprint density at radius 2 is 0.889 bits per heavy atom. The number of anilines is 2. The quantitative estimate of drug-likeness (QED) is 0.162. The van der Waals surface area contributed by atoms with Crippen molar-refractivity contribution in [3.8, 4) is 44.8 Å². The molecule has 0 radical (unpaired) electrons. The minimum absolute atomic E-state index is 0.0384. The summed E-state index contributed by atoms with van der Waals surface area (Å²) in [6.07, 6.45) is 7.00. The third-order valence-corrected chi connectivity index (χ3v) is 14.3. The van der Waals surface area contributed by atoms with Crippen LogP contribution in [0.15, 0.2) is 225 Å². The predicted octanol–water partition coefficient (Wildman–Crippen LogP) is 13.7. The second kappa shape index (κ2) is 13.6. The van der Waals surface area contributed by atoms with Crippen LogP contribution in [0.2, 0.25) is 0 Å². The van der Waals surface area contributed by atoms with Gasteiger partial charge in [0, 0.05) is 16.8 Å². The fourth-order valence-electron chi connectivity index (χ4n) is 12.0. The van der Waals surface area contributed by atoms with Gasteiger partial charge >= 0.3 is 0 Å². The molecular formula is C60H41N3. The molecule has 0 saturated heterocycles. The van der Waals surface area contributed by atoms with Crippen molar-refractivity contribution in [2.45, 2.75) is 23.3 Å². The van der Waals surface area contributed by atoms with Gasteiger partial charge in [0.25, 0.3) is 0 Å². The molecule has 3 aliphatic carbocycles. The van der Waals surface area contributed by atoms with Gasteiger partial charge in [-0.15, -0.1) is 0 Å². The Hall–Kier alpha value is -7.88. The normalized spacial score (nSPS) is 16.3. The van der Waals surface area contributed by atoms with Crippen LogP contribution >= 0.6 is 0 Å². The number of hydrogen-bond acceptors (Lipinski definition) is 3. The zero-order chi connectivity index (χ0) is 41.7. The Morgan fingerprint density at radius 1 is 0.460 bits per heavy atom. The maximum Gasteiger partial charge on any atom is 0.231 e. The number of nitrogens with zero attached hydrogens (tertiary/aromatic N) is 3. The molecule has 1 aromatic heterocycles. The molecule has 9 aromatic rings. The summed E-state index contributed by atoms with van der Waals surface area (Å²) >= 11 is 0. The van der Waals surface area contributed by atoms with E-state index >= 15 is 0 Å². The first-order chi connectivity index (χ1) is 31.2. The molecule has 0 fully saturated rings. The fourth-order valence-corrected chi connectivity index (χ4v) is 12.0. The summed E-state index contributed by atoms with van der Waals surface area (Å²) < 4.78 is 0. The first kappa shape index (κ1) is 35.8. The number of hydrogen-bond donors (Lipinski definition) is 0. The predicted molar refractivity (Wildman–Crippen MR) is 256 cm³/mol. The van der Waals surface area contributed by atoms with E-state index in [0.717, 1.165) is 34.6 Å². The smallest absolute Gasteiger partial charge is 0.231 e. The monoisotopic (exact) mass is 803 g/mol. The molecule has 0 saturated carbocycles. The SMILES string of the molecule is C=C/C=C\C1Cc2c(ccc3c2-c2ccccc2C32c3ccccc3C3(c4ccccc4-c4ccccc43)c3ccccc32)N1c1nc(-c2ccccc2)cc(-c2ccccc2)n1. The second-order valence-corrected chi connectivity index (χ2v) is 17.1. The van der Waals surface area contributed by atoms with E-state index in [0.29, 0.717) is 5.95 Å². The van der Waals surface area contributed by atoms with Crippen molar-refractivity contribution in [3.63, 3.8) is 0 Å². The van der Waals surface area contributed by atoms with Crippen LogP contribution in [0.4, 0.5) is 11.6 Å². The Balaban J connectivity index is 1.09. The van der Waals surface area contributed by atoms with Gasteiger partial charge < -0.3 is 4.90 Å². The summed E-state index contributed by atoms with van der Waals surface area (Å²) in [6, 6.07) is 73.8. The summed E-state index contributed by atoms with van der Waals surface area (Å²) in [6.45, 7) is 4.09. The van der Waals surface area contributed by atoms with Crippen LogP contribution in [-0.4, -0.2) is 16.0 Å². The van der Waals surface area contributed by atoms with Crippen molar-refractivity contribution in [2.24, 2.45) is 0 Å². The van der Waals surface area contributed by atoms with E-state index in [1.807, 2.05) is 6.08 Å². The van der Waals surface area contributed by atoms with Crippen molar-refractivity contribution >= 4 is 11.6 Å². The van der Waals surface area contributed by atoms with Gasteiger partial charge in [0.1, 0.15) is 0 Å². The number of aromatic nitrogens is 2. The van der Waals surface area contributed by atoms with Crippen molar-refractivity contribution in [1.29, 1.82) is 0 Å². The zero-order valence-electron chi connectivity index (χ0n) is 34.6. The largest absolute Gasteiger partial charge is 0.303 e. The first-order valence-electron chi connectivity index (χ1n) is 22.0. The number of fused-ring (bicyclic) bond motifs is 18. The van der Waals surface area contributed by atoms with Crippen LogP contribution in [0.5, 0.6) is 0 Å². The van der Waals surface area contributed by atoms with Crippen LogP contribution in [0, 0.1) is 0 Å². The Kier molecular flexibility index (Phi) is 7.71. The Labute approximate surface area is 368 Å². The lowest BCUT2D eigenvalue weighted by molar-refractivity contribution is 0.633. The third-order valence-electron chi connectivity index (χ3n) is 14.3. The molecule has 3 nitrogen and oxygen atoms in total. The molecule has 0 bridgehead atoms. The van der Waals surface area contributed by atoms with E-state index in [-0.39, 0.29) is 6.04 Å². The van der Waals surface area contributed by atoms with E-state index in [9.17, 15) is 0 Å². The summed E-state index contributed by atoms with van der Waals surface area (Å²) in [5.74, 6) is 0.683. The summed E-state index contributed by atoms with van der Waals surface area (Å²) in [4.78, 5) is 13.1. The van der Waals surface area contributed by atoms with E-state index in [2.05, 4.69) is 224 Å². The van der Waals surface area contributed by atoms with Crippen LogP contribution in [0.1, 0.15) is 50.1 Å². The highest BCUT2D eigenvalue weighted by Gasteiger charge is 2.59. The lowest BCUT2D eigenvalue weighted by atomic mass is 9.52. The molecule has 13 rings (SSSR count). The summed E-state index contributed by atoms with van der Waals surface area (Å²) in [5.41, 5.74) is 21.3. The topological polar surface area (TPSA) is 29.0 Å². The molecule has 63 heavy (non-hydrogen) atoms. The fraction of sp³-hybridized carbons (Fsp3) is 0.0667. The van der Waals surface area contributed by atoms with Crippen LogP contribution in [-0.2, 0) is 17.3 Å². The van der Waals surface area contributed by atoms with Gasteiger partial charge in [-0.25, -0.2) is 9.97 Å². The lowest BCUT2D eigenvalue weighted by Gasteiger charge is -2.48. The molecule has 4 aliphatic rings. The second-order valence-electron chi connectivity index (χ2n) is 17.1. The molecule has 0 amide bonds. The Morgan fingerprint density at radius 3 is 1.40 bits per heavy atom. The number of rotatable bonds is 5. The lowest BCUT2D eigenvalue weighted by Crippen LogP contribution is -2.43. The van der Waals surface area contributed by atoms with Crippen LogP contribution < -0.4 is 4.90 Å². The van der Waals surface area contributed by atoms with Gasteiger partial charge in [0.2, 0.25) is 5.95 Å². The van der Waals surface area contributed by atoms with Crippen molar-refractivity contribution in [3.05, 3.63) is 275 Å². The molecule has 1 unspecified atom stereocenters. The van der Waals surface area contributed by atoms with Gasteiger partial charge in [0.15, 0.2) is 0 Å². The highest BCUT2D eigenvalue weighted by Crippen LogP contribution is 2.68. The maximum absolute atomic E-state index is 5.38. The third kappa shape index (κ3) is 4.74. The van der Waals surface area contributed by atoms with Crippen LogP contribution in [0.25, 0.3) is 44.8 Å². The highest BCUT2D eigenvalue weighted by atomic mass is 15.3. The number of benzene rings is 8. The van der Waals surface area contributed by atoms with Gasteiger partial charge in [-0.2, -0.15) is 0 Å². The van der Waals surface area contributed by atoms with Gasteiger partial charge in [-0.3, -0.25) is 0 Å². The molecular weight excluding hydrogens is 763 g/mol. The molecule has 3 heteroatoms. The highest BCUT2D eigenvalue weighted by molar-refractivity contribution is 5.96. The molecule has 2 spiro atoms. The van der Waals surface area contributed by atoms with Crippen molar-refractivity contribution in [1.82, 2.24) is 9.97 Å². The molecule has 8 aromatic carbocycles. The maximum atomic E-state index is 5.38. The van der Waals surface area contributed by atoms with Gasteiger partial charge in [0.05, 0.1) is 28.3 Å². The van der Waals surface area contributed by atoms with E-state index in [1.54, 1.807) is 0 Å². The number of allylic oxidation sites excluding steroid dienone is 2. The molecule has 1 atom stereocenters. The van der Waals surface area contributed by atoms with E-state index in [4.69, 9.17) is 9.97 Å². The van der Waals surface area contributed by atoms with E-state index in [1.165, 1.54) is 72.3 Å². The first-order valence-corrected chi connectivity index (χ1v) is 22.0. The van der Waals surface area contributed by atoms with E-state index < -0.39 is 10.8 Å². The standard InChI is InChI=1S/C60H41N3/c1-2-3-24-41-37-45-56(63(41)58-61-54(39-20-6-4-7-21-39)38-55(62-58)40-22-8-5-9-23-40)36-35-53-57(45)44-27-12-15-30-48(44)60(53)51-33-18-16-31-49(51)59(50-32-17-19-34-52(50)60)46-28-13-10-25-42(46)43-26-11-14-29-47(43)59/h2-36,38,41H,1,37H2/b24-3-. The minimum atomic E-state index is -0.560. The zero-order valence-corrected chi connectivity index (χ0v) is 34.6. The average molecular weight is 804 g/mol. The molecule has 0 N–H and O–H groups in total. The van der Waals surface area contributed by atoms with Crippen molar-refractivity contribution < 1.29 is 0 Å². The molecule has 296 valence electrons. The Bertz CT molecular complexity index is 3210. The minimum Gasteiger partial charge on any atom is -0.303 e. The van der Waals surface area contributed by atoms with Gasteiger partial charge in [-0.05, 0) is 90.9 Å². The van der Waals surface area contributed by atoms with Crippen LogP contribution in [0.3, 0.4) is 0 Å². The summed E-state index contributed by atoms with van der Waals surface area (Å²) in [5, 5.41) is 0. The molecule has 2 heterocycles.